The molecule has 0 aromatic heterocycles. The fourth-order valence-corrected chi connectivity index (χ4v) is 2.98. The molecule has 1 rings (SSSR count). The number of esters is 1. The molecule has 0 aliphatic carbocycles. The van der Waals surface area contributed by atoms with Crippen molar-refractivity contribution in [3.63, 3.8) is 0 Å². The maximum Gasteiger partial charge on any atom is 0.306 e. The summed E-state index contributed by atoms with van der Waals surface area (Å²) in [5.41, 5.74) is 0.488. The number of sulfonamides is 1. The third-order valence-corrected chi connectivity index (χ3v) is 4.33. The van der Waals surface area contributed by atoms with Gasteiger partial charge in [-0.15, -0.1) is 0 Å². The zero-order valence-electron chi connectivity index (χ0n) is 11.2. The summed E-state index contributed by atoms with van der Waals surface area (Å²) in [5.74, 6) is 4.54. The Morgan fingerprint density at radius 3 is 2.76 bits per heavy atom. The van der Waals surface area contributed by atoms with Crippen LogP contribution in [0.2, 0.25) is 5.02 Å². The van der Waals surface area contributed by atoms with Gasteiger partial charge < -0.3 is 9.84 Å². The third-order valence-electron chi connectivity index (χ3n) is 2.38. The highest BCUT2D eigenvalue weighted by molar-refractivity contribution is 7.89. The molecular weight excluding hydrogens is 318 g/mol. The lowest BCUT2D eigenvalue weighted by molar-refractivity contribution is -0.140. The summed E-state index contributed by atoms with van der Waals surface area (Å²) >= 11 is 5.92. The van der Waals surface area contributed by atoms with Crippen LogP contribution < -0.4 is 4.72 Å². The van der Waals surface area contributed by atoms with Crippen LogP contribution in [0.15, 0.2) is 23.1 Å². The summed E-state index contributed by atoms with van der Waals surface area (Å²) < 4.78 is 30.7. The average Bonchev–Trinajstić information content (AvgIpc) is 2.44. The molecule has 6 nitrogen and oxygen atoms in total. The van der Waals surface area contributed by atoms with E-state index in [9.17, 15) is 13.2 Å². The Hall–Kier alpha value is -1.59. The average molecular weight is 332 g/mol. The van der Waals surface area contributed by atoms with Crippen LogP contribution in [0.1, 0.15) is 12.0 Å². The van der Waals surface area contributed by atoms with Crippen molar-refractivity contribution in [2.75, 3.05) is 20.3 Å². The molecule has 0 radical (unpaired) electrons. The van der Waals surface area contributed by atoms with Crippen LogP contribution >= 0.6 is 11.6 Å². The Morgan fingerprint density at radius 1 is 1.48 bits per heavy atom. The minimum atomic E-state index is -3.82. The molecular formula is C13H14ClNO5S. The minimum Gasteiger partial charge on any atom is -0.469 e. The summed E-state index contributed by atoms with van der Waals surface area (Å²) in [6.45, 7) is -0.385. The van der Waals surface area contributed by atoms with Crippen LogP contribution in [0.3, 0.4) is 0 Å². The monoisotopic (exact) mass is 331 g/mol. The summed E-state index contributed by atoms with van der Waals surface area (Å²) in [5, 5.41) is 8.60. The standard InChI is InChI=1S/C13H14ClNO5S/c1-20-13(17)6-7-15-21(18,19)12-5-4-10(3-2-8-16)9-11(12)14/h4-5,9,15-16H,6-8H2,1H3. The van der Waals surface area contributed by atoms with Crippen molar-refractivity contribution in [2.24, 2.45) is 0 Å². The van der Waals surface area contributed by atoms with E-state index in [0.29, 0.717) is 5.56 Å². The van der Waals surface area contributed by atoms with Gasteiger partial charge >= 0.3 is 5.97 Å². The highest BCUT2D eigenvalue weighted by atomic mass is 35.5. The Kier molecular flexibility index (Phi) is 6.65. The van der Waals surface area contributed by atoms with Crippen molar-refractivity contribution in [3.05, 3.63) is 28.8 Å². The lowest BCUT2D eigenvalue weighted by Crippen LogP contribution is -2.26. The SMILES string of the molecule is COC(=O)CCNS(=O)(=O)c1ccc(C#CCO)cc1Cl. The number of aliphatic hydroxyl groups excluding tert-OH is 1. The van der Waals surface area contributed by atoms with Crippen LogP contribution in [-0.4, -0.2) is 39.8 Å². The van der Waals surface area contributed by atoms with Gasteiger partial charge in [-0.25, -0.2) is 13.1 Å². The Labute approximate surface area is 128 Å². The molecule has 0 saturated heterocycles. The first kappa shape index (κ1) is 17.5. The number of nitrogens with one attached hydrogen (secondary N) is 1. The molecule has 0 heterocycles. The molecule has 0 bridgehead atoms. The molecule has 2 N–H and O–H groups in total. The lowest BCUT2D eigenvalue weighted by Gasteiger charge is -2.08. The molecule has 0 aliphatic rings. The predicted octanol–water partition coefficient (Wildman–Crippen LogP) is 0.525. The fraction of sp³-hybridized carbons (Fsp3) is 0.308. The molecule has 0 unspecified atom stereocenters. The van der Waals surface area contributed by atoms with Gasteiger partial charge in [0.25, 0.3) is 0 Å². The quantitative estimate of drug-likeness (QED) is 0.606. The van der Waals surface area contributed by atoms with Crippen molar-refractivity contribution in [1.29, 1.82) is 0 Å². The van der Waals surface area contributed by atoms with E-state index < -0.39 is 16.0 Å². The Bertz CT molecular complexity index is 676. The third kappa shape index (κ3) is 5.36. The van der Waals surface area contributed by atoms with Crippen LogP contribution in [-0.2, 0) is 19.6 Å². The molecule has 0 amide bonds. The van der Waals surface area contributed by atoms with Gasteiger partial charge in [-0.05, 0) is 18.2 Å². The van der Waals surface area contributed by atoms with Gasteiger partial charge in [-0.1, -0.05) is 23.4 Å². The topological polar surface area (TPSA) is 92.7 Å². The van der Waals surface area contributed by atoms with Gasteiger partial charge in [0.2, 0.25) is 10.0 Å². The first-order valence-electron chi connectivity index (χ1n) is 5.86. The number of rotatable bonds is 5. The molecule has 0 saturated carbocycles. The number of aliphatic hydroxyl groups is 1. The lowest BCUT2D eigenvalue weighted by atomic mass is 10.2. The Balaban J connectivity index is 2.86. The minimum absolute atomic E-state index is 0.00491. The van der Waals surface area contributed by atoms with Crippen molar-refractivity contribution >= 4 is 27.6 Å². The molecule has 0 aliphatic heterocycles. The van der Waals surface area contributed by atoms with Gasteiger partial charge in [-0.3, -0.25) is 4.79 Å². The van der Waals surface area contributed by atoms with Crippen LogP contribution in [0.5, 0.6) is 0 Å². The van der Waals surface area contributed by atoms with Crippen LogP contribution in [0.25, 0.3) is 0 Å². The number of halogens is 1. The van der Waals surface area contributed by atoms with Crippen molar-refractivity contribution in [3.8, 4) is 11.8 Å². The molecule has 1 aromatic rings. The highest BCUT2D eigenvalue weighted by Gasteiger charge is 2.18. The second kappa shape index (κ2) is 8.00. The molecule has 0 atom stereocenters. The number of benzene rings is 1. The first-order valence-corrected chi connectivity index (χ1v) is 7.72. The van der Waals surface area contributed by atoms with Crippen molar-refractivity contribution in [2.45, 2.75) is 11.3 Å². The summed E-state index contributed by atoms with van der Waals surface area (Å²) in [6.07, 6.45) is -0.0760. The maximum absolute atomic E-state index is 12.0. The number of methoxy groups -OCH3 is 1. The number of hydrogen-bond acceptors (Lipinski definition) is 5. The van der Waals surface area contributed by atoms with Crippen molar-refractivity contribution in [1.82, 2.24) is 4.72 Å². The van der Waals surface area contributed by atoms with Gasteiger partial charge in [0.15, 0.2) is 0 Å². The smallest absolute Gasteiger partial charge is 0.306 e. The summed E-state index contributed by atoms with van der Waals surface area (Å²) in [7, 11) is -2.60. The normalized spacial score (nSPS) is 10.6. The molecule has 0 fully saturated rings. The van der Waals surface area contributed by atoms with Crippen LogP contribution in [0.4, 0.5) is 0 Å². The van der Waals surface area contributed by atoms with E-state index in [1.54, 1.807) is 0 Å². The van der Waals surface area contributed by atoms with E-state index in [-0.39, 0.29) is 29.5 Å². The Morgan fingerprint density at radius 2 is 2.19 bits per heavy atom. The van der Waals surface area contributed by atoms with E-state index in [1.807, 2.05) is 0 Å². The second-order valence-corrected chi connectivity index (χ2v) is 5.97. The molecule has 114 valence electrons. The second-order valence-electron chi connectivity index (χ2n) is 3.83. The number of ether oxygens (including phenoxy) is 1. The number of hydrogen-bond donors (Lipinski definition) is 2. The maximum atomic E-state index is 12.0. The number of carbonyl (C=O) groups excluding carboxylic acids is 1. The summed E-state index contributed by atoms with van der Waals surface area (Å²) in [4.78, 5) is 10.8. The van der Waals surface area contributed by atoms with E-state index in [0.717, 1.165) is 0 Å². The van der Waals surface area contributed by atoms with Gasteiger partial charge in [-0.2, -0.15) is 0 Å². The number of carbonyl (C=O) groups is 1. The van der Waals surface area contributed by atoms with Gasteiger partial charge in [0, 0.05) is 12.1 Å². The van der Waals surface area contributed by atoms with E-state index in [2.05, 4.69) is 21.3 Å². The zero-order valence-corrected chi connectivity index (χ0v) is 12.8. The predicted molar refractivity (Wildman–Crippen MR) is 77.2 cm³/mol. The van der Waals surface area contributed by atoms with Gasteiger partial charge in [0.1, 0.15) is 11.5 Å². The molecule has 1 aromatic carbocycles. The molecule has 8 heteroatoms. The van der Waals surface area contributed by atoms with E-state index in [1.165, 1.54) is 25.3 Å². The summed E-state index contributed by atoms with van der Waals surface area (Å²) in [6, 6.07) is 4.17. The highest BCUT2D eigenvalue weighted by Crippen LogP contribution is 2.22. The zero-order chi connectivity index (χ0) is 15.9. The molecule has 0 spiro atoms. The van der Waals surface area contributed by atoms with E-state index in [4.69, 9.17) is 16.7 Å². The van der Waals surface area contributed by atoms with Gasteiger partial charge in [0.05, 0.1) is 18.6 Å². The molecule has 21 heavy (non-hydrogen) atoms. The fourth-order valence-electron chi connectivity index (χ4n) is 1.41. The first-order chi connectivity index (χ1) is 9.90. The van der Waals surface area contributed by atoms with Crippen LogP contribution in [0, 0.1) is 11.8 Å². The largest absolute Gasteiger partial charge is 0.469 e. The van der Waals surface area contributed by atoms with E-state index >= 15 is 0 Å². The van der Waals surface area contributed by atoms with Crippen molar-refractivity contribution < 1.29 is 23.1 Å².